The number of likely N-dealkylation sites (N-methyl/N-ethyl adjacent to an activating group) is 1. The molecule has 1 N–H and O–H groups in total. The summed E-state index contributed by atoms with van der Waals surface area (Å²) in [5.41, 5.74) is 0.944. The van der Waals surface area contributed by atoms with E-state index in [1.165, 1.54) is 30.1 Å². The first-order valence-electron chi connectivity index (χ1n) is 10.7. The molecule has 184 valence electrons. The van der Waals surface area contributed by atoms with Crippen molar-refractivity contribution < 1.29 is 18.0 Å². The highest BCUT2D eigenvalue weighted by Gasteiger charge is 2.33. The molecule has 1 atom stereocenters. The minimum Gasteiger partial charge on any atom is -0.357 e. The van der Waals surface area contributed by atoms with E-state index in [4.69, 9.17) is 11.6 Å². The third kappa shape index (κ3) is 6.42. The van der Waals surface area contributed by atoms with Crippen LogP contribution < -0.4 is 9.62 Å². The summed E-state index contributed by atoms with van der Waals surface area (Å²) in [7, 11) is -2.66. The predicted molar refractivity (Wildman–Crippen MR) is 141 cm³/mol. The second kappa shape index (κ2) is 11.7. The minimum atomic E-state index is -4.14. The fourth-order valence-electron chi connectivity index (χ4n) is 3.51. The Bertz CT molecular complexity index is 1300. The van der Waals surface area contributed by atoms with Crippen molar-refractivity contribution in [3.8, 4) is 0 Å². The highest BCUT2D eigenvalue weighted by molar-refractivity contribution is 9.10. The molecule has 0 aliphatic carbocycles. The van der Waals surface area contributed by atoms with Gasteiger partial charge in [0.2, 0.25) is 11.8 Å². The number of sulfonamides is 1. The number of nitrogens with one attached hydrogen (secondary N) is 1. The maximum Gasteiger partial charge on any atom is 0.264 e. The van der Waals surface area contributed by atoms with E-state index >= 15 is 0 Å². The molecule has 0 saturated heterocycles. The van der Waals surface area contributed by atoms with Gasteiger partial charge in [-0.25, -0.2) is 8.42 Å². The largest absolute Gasteiger partial charge is 0.357 e. The molecule has 0 bridgehead atoms. The molecule has 0 aliphatic heterocycles. The monoisotopic (exact) mass is 577 g/mol. The average molecular weight is 579 g/mol. The summed E-state index contributed by atoms with van der Waals surface area (Å²) in [6, 6.07) is 20.7. The normalized spacial score (nSPS) is 12.0. The number of benzene rings is 3. The Labute approximate surface area is 218 Å². The summed E-state index contributed by atoms with van der Waals surface area (Å²) in [5.74, 6) is -0.927. The SMILES string of the molecule is CNC(=O)C(C)N(Cc1cccc(Br)c1)C(=O)CN(c1ccccc1Cl)S(=O)(=O)c1ccccc1. The Morgan fingerprint density at radius 1 is 1.00 bits per heavy atom. The van der Waals surface area contributed by atoms with Gasteiger partial charge in [0.25, 0.3) is 10.0 Å². The van der Waals surface area contributed by atoms with Gasteiger partial charge in [-0.05, 0) is 48.9 Å². The molecule has 10 heteroatoms. The van der Waals surface area contributed by atoms with Gasteiger partial charge in [-0.2, -0.15) is 0 Å². The lowest BCUT2D eigenvalue weighted by molar-refractivity contribution is -0.139. The van der Waals surface area contributed by atoms with E-state index in [1.807, 2.05) is 24.3 Å². The van der Waals surface area contributed by atoms with Crippen LogP contribution in [-0.4, -0.2) is 44.8 Å². The van der Waals surface area contributed by atoms with Gasteiger partial charge < -0.3 is 10.2 Å². The van der Waals surface area contributed by atoms with Crippen molar-refractivity contribution in [1.29, 1.82) is 0 Å². The van der Waals surface area contributed by atoms with E-state index in [0.717, 1.165) is 14.3 Å². The molecule has 0 aliphatic rings. The second-order valence-corrected chi connectivity index (χ2v) is 10.9. The lowest BCUT2D eigenvalue weighted by Crippen LogP contribution is -2.50. The van der Waals surface area contributed by atoms with Gasteiger partial charge >= 0.3 is 0 Å². The summed E-state index contributed by atoms with van der Waals surface area (Å²) in [6.45, 7) is 1.16. The Kier molecular flexibility index (Phi) is 8.93. The van der Waals surface area contributed by atoms with E-state index in [1.54, 1.807) is 43.3 Å². The lowest BCUT2D eigenvalue weighted by Gasteiger charge is -2.32. The Morgan fingerprint density at radius 3 is 2.29 bits per heavy atom. The van der Waals surface area contributed by atoms with E-state index in [9.17, 15) is 18.0 Å². The predicted octanol–water partition coefficient (Wildman–Crippen LogP) is 4.46. The van der Waals surface area contributed by atoms with Gasteiger partial charge in [0, 0.05) is 18.1 Å². The van der Waals surface area contributed by atoms with Crippen molar-refractivity contribution >= 4 is 55.1 Å². The lowest BCUT2D eigenvalue weighted by atomic mass is 10.1. The smallest absolute Gasteiger partial charge is 0.264 e. The molecular weight excluding hydrogens is 554 g/mol. The number of rotatable bonds is 9. The van der Waals surface area contributed by atoms with Crippen LogP contribution in [0.4, 0.5) is 5.69 Å². The van der Waals surface area contributed by atoms with Crippen LogP contribution in [0.25, 0.3) is 0 Å². The van der Waals surface area contributed by atoms with Crippen LogP contribution in [0.5, 0.6) is 0 Å². The fourth-order valence-corrected chi connectivity index (χ4v) is 5.70. The Morgan fingerprint density at radius 2 is 1.66 bits per heavy atom. The molecule has 3 aromatic carbocycles. The van der Waals surface area contributed by atoms with Crippen LogP contribution in [0, 0.1) is 0 Å². The standard InChI is InChI=1S/C25H25BrClN3O4S/c1-18(25(32)28-2)29(16-19-9-8-10-20(26)15-19)24(31)17-30(23-14-7-6-13-22(23)27)35(33,34)21-11-4-3-5-12-21/h3-15,18H,16-17H2,1-2H3,(H,28,32). The summed E-state index contributed by atoms with van der Waals surface area (Å²) in [6.07, 6.45) is 0. The Balaban J connectivity index is 2.04. The molecule has 2 amide bonds. The quantitative estimate of drug-likeness (QED) is 0.406. The highest BCUT2D eigenvalue weighted by Crippen LogP contribution is 2.30. The molecule has 0 heterocycles. The van der Waals surface area contributed by atoms with Crippen LogP contribution in [0.3, 0.4) is 0 Å². The molecule has 35 heavy (non-hydrogen) atoms. The first-order valence-corrected chi connectivity index (χ1v) is 13.3. The zero-order valence-corrected chi connectivity index (χ0v) is 22.3. The molecule has 1 unspecified atom stereocenters. The van der Waals surface area contributed by atoms with Crippen LogP contribution >= 0.6 is 27.5 Å². The molecule has 3 rings (SSSR count). The molecule has 3 aromatic rings. The van der Waals surface area contributed by atoms with Crippen molar-refractivity contribution in [1.82, 2.24) is 10.2 Å². The van der Waals surface area contributed by atoms with Crippen molar-refractivity contribution in [2.24, 2.45) is 0 Å². The molecule has 0 fully saturated rings. The number of nitrogens with zero attached hydrogens (tertiary/aromatic N) is 2. The van der Waals surface area contributed by atoms with Crippen LogP contribution in [0.2, 0.25) is 5.02 Å². The maximum absolute atomic E-state index is 13.7. The van der Waals surface area contributed by atoms with Crippen molar-refractivity contribution in [2.45, 2.75) is 24.4 Å². The summed E-state index contributed by atoms with van der Waals surface area (Å²) in [4.78, 5) is 27.5. The van der Waals surface area contributed by atoms with Gasteiger partial charge in [-0.1, -0.05) is 70.0 Å². The average Bonchev–Trinajstić information content (AvgIpc) is 2.85. The summed E-state index contributed by atoms with van der Waals surface area (Å²) >= 11 is 9.77. The van der Waals surface area contributed by atoms with Crippen molar-refractivity contribution in [2.75, 3.05) is 17.9 Å². The number of para-hydroxylation sites is 1. The number of hydrogen-bond acceptors (Lipinski definition) is 4. The van der Waals surface area contributed by atoms with Gasteiger partial charge in [-0.15, -0.1) is 0 Å². The second-order valence-electron chi connectivity index (χ2n) is 7.72. The van der Waals surface area contributed by atoms with E-state index in [0.29, 0.717) is 0 Å². The number of halogens is 2. The Hall–Kier alpha value is -2.88. The van der Waals surface area contributed by atoms with Crippen molar-refractivity contribution in [3.05, 3.63) is 93.9 Å². The molecule has 7 nitrogen and oxygen atoms in total. The molecule has 0 radical (unpaired) electrons. The van der Waals surface area contributed by atoms with Gasteiger partial charge in [-0.3, -0.25) is 13.9 Å². The summed E-state index contributed by atoms with van der Waals surface area (Å²) < 4.78 is 29.0. The number of amides is 2. The number of carbonyl (C=O) groups excluding carboxylic acids is 2. The first-order chi connectivity index (χ1) is 16.6. The fraction of sp³-hybridized carbons (Fsp3) is 0.200. The third-order valence-corrected chi connectivity index (χ3v) is 7.97. The first kappa shape index (κ1) is 26.7. The topological polar surface area (TPSA) is 86.8 Å². The van der Waals surface area contributed by atoms with Crippen LogP contribution in [0.1, 0.15) is 12.5 Å². The molecule has 0 saturated carbocycles. The highest BCUT2D eigenvalue weighted by atomic mass is 79.9. The summed E-state index contributed by atoms with van der Waals surface area (Å²) in [5, 5.41) is 2.73. The van der Waals surface area contributed by atoms with E-state index in [-0.39, 0.29) is 28.1 Å². The molecule has 0 aromatic heterocycles. The van der Waals surface area contributed by atoms with Gasteiger partial charge in [0.1, 0.15) is 12.6 Å². The maximum atomic E-state index is 13.7. The zero-order chi connectivity index (χ0) is 25.6. The van der Waals surface area contributed by atoms with Crippen molar-refractivity contribution in [3.63, 3.8) is 0 Å². The number of hydrogen-bond donors (Lipinski definition) is 1. The zero-order valence-electron chi connectivity index (χ0n) is 19.2. The third-order valence-electron chi connectivity index (χ3n) is 5.39. The van der Waals surface area contributed by atoms with Crippen LogP contribution in [0.15, 0.2) is 88.2 Å². The molecule has 0 spiro atoms. The van der Waals surface area contributed by atoms with E-state index < -0.39 is 28.5 Å². The number of anilines is 1. The van der Waals surface area contributed by atoms with Gasteiger partial charge in [0.15, 0.2) is 0 Å². The minimum absolute atomic E-state index is 0.0191. The number of carbonyl (C=O) groups is 2. The van der Waals surface area contributed by atoms with E-state index in [2.05, 4.69) is 21.2 Å². The van der Waals surface area contributed by atoms with Gasteiger partial charge in [0.05, 0.1) is 15.6 Å². The molecular formula is C25H25BrClN3O4S. The van der Waals surface area contributed by atoms with Crippen LogP contribution in [-0.2, 0) is 26.2 Å².